The summed E-state index contributed by atoms with van der Waals surface area (Å²) in [4.78, 5) is 16.5. The number of nitrogens with two attached hydrogens (primary N) is 1. The van der Waals surface area contributed by atoms with E-state index < -0.39 is 6.03 Å². The third-order valence-electron chi connectivity index (χ3n) is 5.60. The van der Waals surface area contributed by atoms with Crippen LogP contribution in [0.2, 0.25) is 0 Å². The predicted molar refractivity (Wildman–Crippen MR) is 94.1 cm³/mol. The molecule has 0 saturated carbocycles. The largest absolute Gasteiger partial charge is 0.421 e. The minimum atomic E-state index is -0.433. The van der Waals surface area contributed by atoms with Gasteiger partial charge in [0.1, 0.15) is 0 Å². The molecule has 7 heteroatoms. The van der Waals surface area contributed by atoms with E-state index in [1.54, 1.807) is 11.8 Å². The summed E-state index contributed by atoms with van der Waals surface area (Å²) in [6.07, 6.45) is 4.25. The topological polar surface area (TPSA) is 88.5 Å². The zero-order valence-corrected chi connectivity index (χ0v) is 14.6. The van der Waals surface area contributed by atoms with Gasteiger partial charge in [-0.25, -0.2) is 4.79 Å². The van der Waals surface area contributed by atoms with Crippen molar-refractivity contribution in [1.29, 1.82) is 0 Å². The van der Waals surface area contributed by atoms with Gasteiger partial charge in [0.2, 0.25) is 11.8 Å². The Labute approximate surface area is 146 Å². The fraction of sp³-hybridized carbons (Fsp3) is 0.500. The molecule has 2 fully saturated rings. The number of primary amides is 1. The van der Waals surface area contributed by atoms with E-state index in [2.05, 4.69) is 22.1 Å². The number of carbonyl (C=O) groups excluding carboxylic acids is 1. The Kier molecular flexibility index (Phi) is 3.95. The van der Waals surface area contributed by atoms with Crippen LogP contribution < -0.4 is 10.6 Å². The molecule has 2 unspecified atom stereocenters. The van der Waals surface area contributed by atoms with Gasteiger partial charge in [-0.1, -0.05) is 12.1 Å². The summed E-state index contributed by atoms with van der Waals surface area (Å²) in [7, 11) is 2.18. The first-order valence-corrected chi connectivity index (χ1v) is 8.74. The van der Waals surface area contributed by atoms with E-state index in [0.29, 0.717) is 23.9 Å². The highest BCUT2D eigenvalue weighted by molar-refractivity contribution is 5.95. The molecule has 2 aliphatic rings. The number of urea groups is 1. The van der Waals surface area contributed by atoms with E-state index in [9.17, 15) is 4.79 Å². The van der Waals surface area contributed by atoms with Crippen LogP contribution in [0.1, 0.15) is 31.6 Å². The lowest BCUT2D eigenvalue weighted by molar-refractivity contribution is 0.160. The number of fused-ring (bicyclic) bond motifs is 2. The van der Waals surface area contributed by atoms with Crippen molar-refractivity contribution in [2.45, 2.75) is 50.7 Å². The smallest absolute Gasteiger partial charge is 0.319 e. The Morgan fingerprint density at radius 3 is 2.52 bits per heavy atom. The van der Waals surface area contributed by atoms with Crippen molar-refractivity contribution < 1.29 is 9.21 Å². The standard InChI is InChI=1S/C18H23N5O2/c1-11-20-21-17(25-11)15-5-3-4-6-16(15)23(18(19)24)14-9-12-7-8-13(10-14)22(12)2/h3-6,12-14H,7-10H2,1-2H3,(H2,19,24). The molecule has 2 aliphatic heterocycles. The van der Waals surface area contributed by atoms with E-state index in [0.717, 1.165) is 24.1 Å². The second kappa shape index (κ2) is 6.15. The summed E-state index contributed by atoms with van der Waals surface area (Å²) in [6, 6.07) is 8.29. The van der Waals surface area contributed by atoms with Gasteiger partial charge in [0.15, 0.2) is 0 Å². The minimum absolute atomic E-state index is 0.0939. The van der Waals surface area contributed by atoms with Gasteiger partial charge in [0.25, 0.3) is 0 Å². The monoisotopic (exact) mass is 341 g/mol. The SMILES string of the molecule is Cc1nnc(-c2ccccc2N(C(N)=O)C2CC3CCC(C2)N3C)o1. The third-order valence-corrected chi connectivity index (χ3v) is 5.60. The summed E-state index contributed by atoms with van der Waals surface area (Å²) >= 11 is 0. The summed E-state index contributed by atoms with van der Waals surface area (Å²) < 4.78 is 5.59. The maximum absolute atomic E-state index is 12.4. The van der Waals surface area contributed by atoms with Crippen molar-refractivity contribution in [2.24, 2.45) is 5.73 Å². The average molecular weight is 341 g/mol. The van der Waals surface area contributed by atoms with Crippen molar-refractivity contribution in [1.82, 2.24) is 15.1 Å². The van der Waals surface area contributed by atoms with Crippen molar-refractivity contribution in [2.75, 3.05) is 11.9 Å². The number of hydrogen-bond donors (Lipinski definition) is 1. The highest BCUT2D eigenvalue weighted by Crippen LogP contribution is 2.39. The molecule has 2 atom stereocenters. The first-order valence-electron chi connectivity index (χ1n) is 8.74. The third kappa shape index (κ3) is 2.78. The highest BCUT2D eigenvalue weighted by Gasteiger charge is 2.42. The molecule has 2 saturated heterocycles. The van der Waals surface area contributed by atoms with Gasteiger partial charge in [-0.2, -0.15) is 0 Å². The zero-order valence-electron chi connectivity index (χ0n) is 14.6. The molecule has 4 rings (SSSR count). The van der Waals surface area contributed by atoms with Gasteiger partial charge < -0.3 is 15.1 Å². The van der Waals surface area contributed by atoms with Crippen LogP contribution in [0.5, 0.6) is 0 Å². The van der Waals surface area contributed by atoms with E-state index in [4.69, 9.17) is 10.2 Å². The number of nitrogens with zero attached hydrogens (tertiary/aromatic N) is 4. The Morgan fingerprint density at radius 2 is 1.92 bits per heavy atom. The van der Waals surface area contributed by atoms with Crippen LogP contribution in [0.4, 0.5) is 10.5 Å². The number of aromatic nitrogens is 2. The molecule has 1 aromatic carbocycles. The van der Waals surface area contributed by atoms with Gasteiger partial charge in [-0.15, -0.1) is 10.2 Å². The fourth-order valence-corrected chi connectivity index (χ4v) is 4.36. The molecule has 7 nitrogen and oxygen atoms in total. The Hall–Kier alpha value is -2.41. The molecule has 0 radical (unpaired) electrons. The quantitative estimate of drug-likeness (QED) is 0.927. The molecule has 2 aromatic rings. The summed E-state index contributed by atoms with van der Waals surface area (Å²) in [6.45, 7) is 1.75. The van der Waals surface area contributed by atoms with Gasteiger partial charge in [0, 0.05) is 25.0 Å². The number of rotatable bonds is 3. The molecule has 1 aromatic heterocycles. The average Bonchev–Trinajstić information content (AvgIpc) is 3.08. The molecule has 0 aliphatic carbocycles. The number of anilines is 1. The van der Waals surface area contributed by atoms with E-state index >= 15 is 0 Å². The van der Waals surface area contributed by atoms with E-state index in [1.165, 1.54) is 12.8 Å². The lowest BCUT2D eigenvalue weighted by atomic mass is 9.95. The Balaban J connectivity index is 1.72. The van der Waals surface area contributed by atoms with Crippen molar-refractivity contribution in [3.05, 3.63) is 30.2 Å². The molecule has 2 N–H and O–H groups in total. The number of aryl methyl sites for hydroxylation is 1. The van der Waals surface area contributed by atoms with Crippen LogP contribution in [0, 0.1) is 6.92 Å². The first kappa shape index (κ1) is 16.1. The molecule has 0 spiro atoms. The lowest BCUT2D eigenvalue weighted by Crippen LogP contribution is -2.52. The summed E-state index contributed by atoms with van der Waals surface area (Å²) in [5, 5.41) is 8.02. The Bertz CT molecular complexity index is 775. The van der Waals surface area contributed by atoms with E-state index in [1.807, 2.05) is 24.3 Å². The maximum Gasteiger partial charge on any atom is 0.319 e. The van der Waals surface area contributed by atoms with Crippen LogP contribution >= 0.6 is 0 Å². The fourth-order valence-electron chi connectivity index (χ4n) is 4.36. The van der Waals surface area contributed by atoms with Crippen LogP contribution in [-0.2, 0) is 0 Å². The van der Waals surface area contributed by atoms with Crippen LogP contribution in [-0.4, -0.2) is 46.3 Å². The number of hydrogen-bond acceptors (Lipinski definition) is 5. The first-order chi connectivity index (χ1) is 12.0. The second-order valence-corrected chi connectivity index (χ2v) is 7.03. The maximum atomic E-state index is 12.4. The minimum Gasteiger partial charge on any atom is -0.421 e. The molecule has 132 valence electrons. The van der Waals surface area contributed by atoms with Crippen LogP contribution in [0.3, 0.4) is 0 Å². The molecular weight excluding hydrogens is 318 g/mol. The summed E-state index contributed by atoms with van der Waals surface area (Å²) in [5.74, 6) is 0.906. The van der Waals surface area contributed by atoms with Gasteiger partial charge in [0.05, 0.1) is 11.3 Å². The number of amides is 2. The highest BCUT2D eigenvalue weighted by atomic mass is 16.4. The van der Waals surface area contributed by atoms with Gasteiger partial charge >= 0.3 is 6.03 Å². The normalized spacial score (nSPS) is 25.9. The molecular formula is C18H23N5O2. The number of carbonyl (C=O) groups is 1. The second-order valence-electron chi connectivity index (χ2n) is 7.03. The molecule has 2 amide bonds. The molecule has 2 bridgehead atoms. The number of piperidine rings is 1. The predicted octanol–water partition coefficient (Wildman–Crippen LogP) is 2.56. The molecule has 3 heterocycles. The summed E-state index contributed by atoms with van der Waals surface area (Å²) in [5.41, 5.74) is 7.29. The lowest BCUT2D eigenvalue weighted by Gasteiger charge is -2.41. The Morgan fingerprint density at radius 1 is 1.24 bits per heavy atom. The van der Waals surface area contributed by atoms with Crippen LogP contribution in [0.15, 0.2) is 28.7 Å². The van der Waals surface area contributed by atoms with Crippen molar-refractivity contribution >= 4 is 11.7 Å². The van der Waals surface area contributed by atoms with Gasteiger partial charge in [-0.05, 0) is 44.9 Å². The zero-order chi connectivity index (χ0) is 17.6. The van der Waals surface area contributed by atoms with Crippen molar-refractivity contribution in [3.8, 4) is 11.5 Å². The van der Waals surface area contributed by atoms with E-state index in [-0.39, 0.29) is 6.04 Å². The van der Waals surface area contributed by atoms with Crippen LogP contribution in [0.25, 0.3) is 11.5 Å². The number of para-hydroxylation sites is 1. The number of benzene rings is 1. The van der Waals surface area contributed by atoms with Crippen molar-refractivity contribution in [3.63, 3.8) is 0 Å². The molecule has 25 heavy (non-hydrogen) atoms. The van der Waals surface area contributed by atoms with Gasteiger partial charge in [-0.3, -0.25) is 4.90 Å².